The predicted molar refractivity (Wildman–Crippen MR) is 144 cm³/mol. The van der Waals surface area contributed by atoms with Gasteiger partial charge in [-0.1, -0.05) is 47.1 Å². The van der Waals surface area contributed by atoms with Gasteiger partial charge < -0.3 is 14.4 Å². The molecule has 0 aliphatic carbocycles. The Morgan fingerprint density at radius 2 is 1.72 bits per heavy atom. The van der Waals surface area contributed by atoms with Gasteiger partial charge in [-0.25, -0.2) is 4.98 Å². The van der Waals surface area contributed by atoms with Crippen LogP contribution in [0.3, 0.4) is 0 Å². The minimum absolute atomic E-state index is 0.166. The molecule has 186 valence electrons. The smallest absolute Gasteiger partial charge is 0.266 e. The van der Waals surface area contributed by atoms with E-state index in [4.69, 9.17) is 14.5 Å². The monoisotopic (exact) mass is 549 g/mol. The van der Waals surface area contributed by atoms with Crippen LogP contribution in [-0.2, 0) is 4.74 Å². The second kappa shape index (κ2) is 11.5. The molecule has 4 rings (SSSR count). The van der Waals surface area contributed by atoms with Crippen LogP contribution in [0.5, 0.6) is 5.75 Å². The van der Waals surface area contributed by atoms with Crippen LogP contribution in [0.1, 0.15) is 35.6 Å². The second-order valence-corrected chi connectivity index (χ2v) is 9.14. The lowest BCUT2D eigenvalue weighted by Gasteiger charge is -2.32. The Morgan fingerprint density at radius 1 is 1.03 bits per heavy atom. The molecule has 0 fully saturated rings. The standard InChI is InChI=1S/C28H28BrN3O4/c1-4-23(31(17-18-35-2)27(33)19-13-15-20(29)16-14-19)26-30-22-10-6-5-9-21(22)28(34)32(26)24-11-7-8-12-25(24)36-3/h5-16,23H,4,17-18H2,1-3H3. The number of benzene rings is 3. The molecular weight excluding hydrogens is 522 g/mol. The molecule has 1 amide bonds. The minimum Gasteiger partial charge on any atom is -0.495 e. The van der Waals surface area contributed by atoms with Gasteiger partial charge in [0.25, 0.3) is 11.5 Å². The molecule has 1 aromatic heterocycles. The number of methoxy groups -OCH3 is 2. The van der Waals surface area contributed by atoms with E-state index < -0.39 is 6.04 Å². The lowest BCUT2D eigenvalue weighted by molar-refractivity contribution is 0.0579. The van der Waals surface area contributed by atoms with Crippen LogP contribution < -0.4 is 10.3 Å². The van der Waals surface area contributed by atoms with Crippen molar-refractivity contribution >= 4 is 32.7 Å². The zero-order valence-electron chi connectivity index (χ0n) is 20.5. The van der Waals surface area contributed by atoms with Crippen molar-refractivity contribution in [3.8, 4) is 11.4 Å². The lowest BCUT2D eigenvalue weighted by Crippen LogP contribution is -2.40. The Labute approximate surface area is 218 Å². The van der Waals surface area contributed by atoms with E-state index in [1.54, 1.807) is 48.0 Å². The van der Waals surface area contributed by atoms with Crippen LogP contribution in [-0.4, -0.2) is 47.7 Å². The fourth-order valence-corrected chi connectivity index (χ4v) is 4.57. The highest BCUT2D eigenvalue weighted by molar-refractivity contribution is 9.10. The molecule has 0 N–H and O–H groups in total. The van der Waals surface area contributed by atoms with Crippen molar-refractivity contribution in [2.24, 2.45) is 0 Å². The van der Waals surface area contributed by atoms with Crippen LogP contribution in [0.2, 0.25) is 0 Å². The molecule has 3 aromatic carbocycles. The number of hydrogen-bond acceptors (Lipinski definition) is 5. The summed E-state index contributed by atoms with van der Waals surface area (Å²) in [5.41, 5.74) is 1.46. The van der Waals surface area contributed by atoms with Gasteiger partial charge in [-0.05, 0) is 55.0 Å². The van der Waals surface area contributed by atoms with E-state index in [-0.39, 0.29) is 11.5 Å². The SMILES string of the molecule is CCC(c1nc2ccccc2c(=O)n1-c1ccccc1OC)N(CCOC)C(=O)c1ccc(Br)cc1. The molecule has 1 atom stereocenters. The van der Waals surface area contributed by atoms with Crippen molar-refractivity contribution in [2.45, 2.75) is 19.4 Å². The largest absolute Gasteiger partial charge is 0.495 e. The van der Waals surface area contributed by atoms with E-state index in [1.807, 2.05) is 55.5 Å². The van der Waals surface area contributed by atoms with Crippen molar-refractivity contribution in [1.29, 1.82) is 0 Å². The molecule has 1 unspecified atom stereocenters. The van der Waals surface area contributed by atoms with E-state index in [9.17, 15) is 9.59 Å². The Morgan fingerprint density at radius 3 is 2.42 bits per heavy atom. The molecule has 0 aliphatic rings. The summed E-state index contributed by atoms with van der Waals surface area (Å²) in [4.78, 5) is 34.3. The van der Waals surface area contributed by atoms with Gasteiger partial charge in [0, 0.05) is 23.7 Å². The van der Waals surface area contributed by atoms with E-state index in [0.717, 1.165) is 4.47 Å². The normalized spacial score (nSPS) is 11.9. The molecule has 0 radical (unpaired) electrons. The van der Waals surface area contributed by atoms with Crippen LogP contribution in [0, 0.1) is 0 Å². The first-order valence-corrected chi connectivity index (χ1v) is 12.5. The Balaban J connectivity index is 1.96. The fraction of sp³-hybridized carbons (Fsp3) is 0.250. The molecule has 0 saturated carbocycles. The quantitative estimate of drug-likeness (QED) is 0.279. The van der Waals surface area contributed by atoms with Crippen LogP contribution >= 0.6 is 15.9 Å². The maximum absolute atomic E-state index is 13.9. The minimum atomic E-state index is -0.501. The average molecular weight is 550 g/mol. The summed E-state index contributed by atoms with van der Waals surface area (Å²) in [5.74, 6) is 0.836. The Kier molecular flexibility index (Phi) is 8.18. The zero-order valence-corrected chi connectivity index (χ0v) is 22.1. The lowest BCUT2D eigenvalue weighted by atomic mass is 10.1. The van der Waals surface area contributed by atoms with Gasteiger partial charge in [-0.2, -0.15) is 0 Å². The highest BCUT2D eigenvalue weighted by Crippen LogP contribution is 2.30. The molecule has 36 heavy (non-hydrogen) atoms. The van der Waals surface area contributed by atoms with Crippen molar-refractivity contribution < 1.29 is 14.3 Å². The summed E-state index contributed by atoms with van der Waals surface area (Å²) in [6.45, 7) is 2.65. The summed E-state index contributed by atoms with van der Waals surface area (Å²) in [6, 6.07) is 21.3. The number of para-hydroxylation sites is 3. The molecule has 0 bridgehead atoms. The number of carbonyl (C=O) groups excluding carboxylic acids is 1. The predicted octanol–water partition coefficient (Wildman–Crippen LogP) is 5.40. The van der Waals surface area contributed by atoms with Gasteiger partial charge in [0.2, 0.25) is 0 Å². The fourth-order valence-electron chi connectivity index (χ4n) is 4.31. The topological polar surface area (TPSA) is 73.7 Å². The molecule has 7 nitrogen and oxygen atoms in total. The highest BCUT2D eigenvalue weighted by atomic mass is 79.9. The molecule has 4 aromatic rings. The first-order valence-electron chi connectivity index (χ1n) is 11.7. The maximum Gasteiger partial charge on any atom is 0.266 e. The van der Waals surface area contributed by atoms with Crippen molar-refractivity contribution in [2.75, 3.05) is 27.4 Å². The van der Waals surface area contributed by atoms with Crippen molar-refractivity contribution in [3.05, 3.63) is 99.0 Å². The third-order valence-electron chi connectivity index (χ3n) is 6.08. The number of nitrogens with zero attached hydrogens (tertiary/aromatic N) is 3. The molecule has 1 heterocycles. The van der Waals surface area contributed by atoms with Gasteiger partial charge in [0.05, 0.1) is 36.3 Å². The van der Waals surface area contributed by atoms with Crippen LogP contribution in [0.4, 0.5) is 0 Å². The van der Waals surface area contributed by atoms with E-state index >= 15 is 0 Å². The summed E-state index contributed by atoms with van der Waals surface area (Å²) < 4.78 is 13.4. The summed E-state index contributed by atoms with van der Waals surface area (Å²) >= 11 is 3.43. The van der Waals surface area contributed by atoms with Gasteiger partial charge in [0.1, 0.15) is 11.6 Å². The third kappa shape index (κ3) is 5.05. The number of ether oxygens (including phenoxy) is 2. The van der Waals surface area contributed by atoms with Gasteiger partial charge in [-0.15, -0.1) is 0 Å². The zero-order chi connectivity index (χ0) is 25.7. The van der Waals surface area contributed by atoms with Crippen molar-refractivity contribution in [1.82, 2.24) is 14.5 Å². The molecule has 0 spiro atoms. The Bertz CT molecular complexity index is 1420. The van der Waals surface area contributed by atoms with Gasteiger partial charge in [-0.3, -0.25) is 14.2 Å². The van der Waals surface area contributed by atoms with Gasteiger partial charge in [0.15, 0.2) is 0 Å². The summed E-state index contributed by atoms with van der Waals surface area (Å²) in [5, 5.41) is 0.490. The molecule has 0 aliphatic heterocycles. The molecule has 0 saturated heterocycles. The first-order chi connectivity index (χ1) is 17.5. The summed E-state index contributed by atoms with van der Waals surface area (Å²) in [7, 11) is 3.17. The van der Waals surface area contributed by atoms with E-state index in [0.29, 0.717) is 53.3 Å². The highest BCUT2D eigenvalue weighted by Gasteiger charge is 2.30. The number of halogens is 1. The van der Waals surface area contributed by atoms with E-state index in [2.05, 4.69) is 15.9 Å². The first kappa shape index (κ1) is 25.6. The number of aromatic nitrogens is 2. The Hall–Kier alpha value is -3.49. The number of fused-ring (bicyclic) bond motifs is 1. The van der Waals surface area contributed by atoms with Crippen molar-refractivity contribution in [3.63, 3.8) is 0 Å². The number of hydrogen-bond donors (Lipinski definition) is 0. The number of rotatable bonds is 9. The second-order valence-electron chi connectivity index (χ2n) is 8.22. The average Bonchev–Trinajstić information content (AvgIpc) is 2.91. The third-order valence-corrected chi connectivity index (χ3v) is 6.61. The van der Waals surface area contributed by atoms with Crippen LogP contribution in [0.25, 0.3) is 16.6 Å². The van der Waals surface area contributed by atoms with Crippen LogP contribution in [0.15, 0.2) is 82.1 Å². The maximum atomic E-state index is 13.9. The van der Waals surface area contributed by atoms with E-state index in [1.165, 1.54) is 0 Å². The molecule has 8 heteroatoms. The number of amides is 1. The summed E-state index contributed by atoms with van der Waals surface area (Å²) in [6.07, 6.45) is 0.534. The van der Waals surface area contributed by atoms with Gasteiger partial charge >= 0.3 is 0 Å². The number of carbonyl (C=O) groups is 1. The molecular formula is C28H28BrN3O4.